The third-order valence-corrected chi connectivity index (χ3v) is 3.61. The standard InChI is InChI=1S/C12H12ClN3O5/c13-10-4-8(9(5-14-10)16(20)21)11(17)15-7-2-1-6(3-7)12(18)19/h4-7H,1-3H2,(H,15,17)(H,18,19)/t6-,7+/m1/s1. The van der Waals surface area contributed by atoms with Crippen LogP contribution in [0.15, 0.2) is 12.3 Å². The summed E-state index contributed by atoms with van der Waals surface area (Å²) in [6.45, 7) is 0. The zero-order valence-corrected chi connectivity index (χ0v) is 11.5. The average molecular weight is 314 g/mol. The van der Waals surface area contributed by atoms with Crippen LogP contribution in [0.2, 0.25) is 5.15 Å². The third kappa shape index (κ3) is 3.46. The van der Waals surface area contributed by atoms with Crippen molar-refractivity contribution in [3.05, 3.63) is 33.1 Å². The van der Waals surface area contributed by atoms with Gasteiger partial charge in [-0.3, -0.25) is 19.7 Å². The van der Waals surface area contributed by atoms with Crippen molar-refractivity contribution in [1.82, 2.24) is 10.3 Å². The number of halogens is 1. The molecule has 1 aromatic heterocycles. The minimum atomic E-state index is -0.898. The molecule has 1 heterocycles. The van der Waals surface area contributed by atoms with Gasteiger partial charge in [0.1, 0.15) is 16.9 Å². The molecule has 112 valence electrons. The molecule has 0 saturated heterocycles. The Kier molecular flexibility index (Phi) is 4.37. The number of hydrogen-bond acceptors (Lipinski definition) is 5. The van der Waals surface area contributed by atoms with Gasteiger partial charge in [0.05, 0.1) is 10.8 Å². The molecular weight excluding hydrogens is 302 g/mol. The van der Waals surface area contributed by atoms with E-state index in [9.17, 15) is 19.7 Å². The summed E-state index contributed by atoms with van der Waals surface area (Å²) < 4.78 is 0. The number of rotatable bonds is 4. The quantitative estimate of drug-likeness (QED) is 0.495. The number of aromatic nitrogens is 1. The van der Waals surface area contributed by atoms with Crippen LogP contribution in [0.1, 0.15) is 29.6 Å². The molecule has 0 spiro atoms. The zero-order valence-electron chi connectivity index (χ0n) is 10.8. The molecule has 21 heavy (non-hydrogen) atoms. The Hall–Kier alpha value is -2.22. The van der Waals surface area contributed by atoms with E-state index >= 15 is 0 Å². The van der Waals surface area contributed by atoms with Crippen LogP contribution in [0, 0.1) is 16.0 Å². The van der Waals surface area contributed by atoms with E-state index in [-0.39, 0.29) is 16.8 Å². The van der Waals surface area contributed by atoms with E-state index in [1.807, 2.05) is 0 Å². The zero-order chi connectivity index (χ0) is 15.6. The Morgan fingerprint density at radius 2 is 2.19 bits per heavy atom. The van der Waals surface area contributed by atoms with Crippen molar-refractivity contribution in [2.24, 2.45) is 5.92 Å². The van der Waals surface area contributed by atoms with Gasteiger partial charge in [0.2, 0.25) is 0 Å². The van der Waals surface area contributed by atoms with Crippen molar-refractivity contribution in [2.45, 2.75) is 25.3 Å². The van der Waals surface area contributed by atoms with Gasteiger partial charge in [0.25, 0.3) is 11.6 Å². The van der Waals surface area contributed by atoms with Crippen LogP contribution in [-0.2, 0) is 4.79 Å². The van der Waals surface area contributed by atoms with E-state index in [1.165, 1.54) is 0 Å². The smallest absolute Gasteiger partial charge is 0.306 e. The number of aliphatic carboxylic acids is 1. The summed E-state index contributed by atoms with van der Waals surface area (Å²) in [4.78, 5) is 36.7. The van der Waals surface area contributed by atoms with E-state index in [0.29, 0.717) is 19.3 Å². The highest BCUT2D eigenvalue weighted by atomic mass is 35.5. The van der Waals surface area contributed by atoms with E-state index in [0.717, 1.165) is 12.3 Å². The molecule has 8 nitrogen and oxygen atoms in total. The highest BCUT2D eigenvalue weighted by molar-refractivity contribution is 6.29. The maximum atomic E-state index is 12.1. The summed E-state index contributed by atoms with van der Waals surface area (Å²) in [5, 5.41) is 22.4. The van der Waals surface area contributed by atoms with Crippen LogP contribution in [0.5, 0.6) is 0 Å². The van der Waals surface area contributed by atoms with Crippen LogP contribution in [-0.4, -0.2) is 32.9 Å². The van der Waals surface area contributed by atoms with Gasteiger partial charge < -0.3 is 10.4 Å². The van der Waals surface area contributed by atoms with Crippen LogP contribution < -0.4 is 5.32 Å². The number of carboxylic acid groups (broad SMARTS) is 1. The third-order valence-electron chi connectivity index (χ3n) is 3.41. The highest BCUT2D eigenvalue weighted by Gasteiger charge is 2.32. The Balaban J connectivity index is 2.12. The fraction of sp³-hybridized carbons (Fsp3) is 0.417. The van der Waals surface area contributed by atoms with Gasteiger partial charge in [-0.1, -0.05) is 11.6 Å². The average Bonchev–Trinajstić information content (AvgIpc) is 2.86. The van der Waals surface area contributed by atoms with Crippen molar-refractivity contribution < 1.29 is 19.6 Å². The minimum absolute atomic E-state index is 0.0272. The van der Waals surface area contributed by atoms with E-state index in [2.05, 4.69) is 10.3 Å². The molecule has 2 atom stereocenters. The molecule has 1 fully saturated rings. The summed E-state index contributed by atoms with van der Waals surface area (Å²) in [5.41, 5.74) is -0.622. The Bertz CT molecular complexity index is 607. The van der Waals surface area contributed by atoms with Crippen molar-refractivity contribution in [2.75, 3.05) is 0 Å². The summed E-state index contributed by atoms with van der Waals surface area (Å²) in [7, 11) is 0. The first-order valence-corrected chi connectivity index (χ1v) is 6.60. The number of nitrogens with one attached hydrogen (secondary N) is 1. The van der Waals surface area contributed by atoms with Crippen molar-refractivity contribution >= 4 is 29.2 Å². The Labute approximate surface area is 124 Å². The van der Waals surface area contributed by atoms with Crippen LogP contribution in [0.3, 0.4) is 0 Å². The summed E-state index contributed by atoms with van der Waals surface area (Å²) in [5.74, 6) is -2.04. The second-order valence-corrected chi connectivity index (χ2v) is 5.19. The molecule has 1 aliphatic rings. The van der Waals surface area contributed by atoms with Gasteiger partial charge in [-0.05, 0) is 25.3 Å². The SMILES string of the molecule is O=C(N[C@H]1CC[C@@H](C(=O)O)C1)c1cc(Cl)ncc1[N+](=O)[O-]. The molecule has 1 aliphatic carbocycles. The van der Waals surface area contributed by atoms with Crippen molar-refractivity contribution in [1.29, 1.82) is 0 Å². The molecule has 0 aromatic carbocycles. The maximum Gasteiger partial charge on any atom is 0.306 e. The number of carbonyl (C=O) groups is 2. The molecule has 2 N–H and O–H groups in total. The van der Waals surface area contributed by atoms with Crippen molar-refractivity contribution in [3.63, 3.8) is 0 Å². The Morgan fingerprint density at radius 1 is 1.48 bits per heavy atom. The van der Waals surface area contributed by atoms with Gasteiger partial charge in [-0.2, -0.15) is 0 Å². The first-order chi connectivity index (χ1) is 9.88. The second-order valence-electron chi connectivity index (χ2n) is 4.80. The predicted molar refractivity (Wildman–Crippen MR) is 72.1 cm³/mol. The summed E-state index contributed by atoms with van der Waals surface area (Å²) in [6, 6.07) is 0.809. The molecule has 1 saturated carbocycles. The number of amides is 1. The summed E-state index contributed by atoms with van der Waals surface area (Å²) >= 11 is 5.66. The molecular formula is C12H12ClN3O5. The van der Waals surface area contributed by atoms with Crippen molar-refractivity contribution in [3.8, 4) is 0 Å². The van der Waals surface area contributed by atoms with Gasteiger partial charge >= 0.3 is 5.97 Å². The minimum Gasteiger partial charge on any atom is -0.481 e. The van der Waals surface area contributed by atoms with Gasteiger partial charge in [0.15, 0.2) is 0 Å². The molecule has 2 rings (SSSR count). The molecule has 0 aliphatic heterocycles. The molecule has 0 bridgehead atoms. The van der Waals surface area contributed by atoms with Crippen LogP contribution in [0.25, 0.3) is 0 Å². The number of nitrogens with zero attached hydrogens (tertiary/aromatic N) is 2. The lowest BCUT2D eigenvalue weighted by molar-refractivity contribution is -0.385. The van der Waals surface area contributed by atoms with Gasteiger partial charge in [0, 0.05) is 6.04 Å². The lowest BCUT2D eigenvalue weighted by Gasteiger charge is -2.12. The fourth-order valence-corrected chi connectivity index (χ4v) is 2.51. The fourth-order valence-electron chi connectivity index (χ4n) is 2.35. The van der Waals surface area contributed by atoms with Gasteiger partial charge in [-0.15, -0.1) is 0 Å². The first-order valence-electron chi connectivity index (χ1n) is 6.22. The van der Waals surface area contributed by atoms with Gasteiger partial charge in [-0.25, -0.2) is 4.98 Å². The number of carbonyl (C=O) groups excluding carboxylic acids is 1. The molecule has 1 amide bonds. The lowest BCUT2D eigenvalue weighted by atomic mass is 10.1. The van der Waals surface area contributed by atoms with Crippen LogP contribution in [0.4, 0.5) is 5.69 Å². The van der Waals surface area contributed by atoms with E-state index < -0.39 is 28.4 Å². The predicted octanol–water partition coefficient (Wildman–Crippen LogP) is 1.63. The lowest BCUT2D eigenvalue weighted by Crippen LogP contribution is -2.33. The molecule has 9 heteroatoms. The number of pyridine rings is 1. The first kappa shape index (κ1) is 15.2. The topological polar surface area (TPSA) is 122 Å². The Morgan fingerprint density at radius 3 is 2.76 bits per heavy atom. The second kappa shape index (κ2) is 6.04. The number of hydrogen-bond donors (Lipinski definition) is 2. The number of nitro groups is 1. The normalized spacial score (nSPS) is 21.0. The number of carboxylic acids is 1. The molecule has 1 aromatic rings. The highest BCUT2D eigenvalue weighted by Crippen LogP contribution is 2.27. The molecule has 0 unspecified atom stereocenters. The molecule has 0 radical (unpaired) electrons. The maximum absolute atomic E-state index is 12.1. The van der Waals surface area contributed by atoms with E-state index in [4.69, 9.17) is 16.7 Å². The van der Waals surface area contributed by atoms with E-state index in [1.54, 1.807) is 0 Å². The van der Waals surface area contributed by atoms with Crippen LogP contribution >= 0.6 is 11.6 Å². The largest absolute Gasteiger partial charge is 0.481 e. The monoisotopic (exact) mass is 313 g/mol. The summed E-state index contributed by atoms with van der Waals surface area (Å²) in [6.07, 6.45) is 2.23.